The Morgan fingerprint density at radius 2 is 2.27 bits per heavy atom. The fourth-order valence-corrected chi connectivity index (χ4v) is 3.68. The zero-order valence-corrected chi connectivity index (χ0v) is 13.5. The molecule has 1 aliphatic heterocycles. The maximum atomic E-state index is 12.0. The number of hydrogen-bond acceptors (Lipinski definition) is 5. The predicted molar refractivity (Wildman–Crippen MR) is 87.1 cm³/mol. The summed E-state index contributed by atoms with van der Waals surface area (Å²) in [6.07, 6.45) is 9.10. The van der Waals surface area contributed by atoms with Gasteiger partial charge in [0, 0.05) is 30.7 Å². The average molecular weight is 319 g/mol. The Hall–Kier alpha value is -1.73. The summed E-state index contributed by atoms with van der Waals surface area (Å²) >= 11 is 1.61. The number of rotatable bonds is 5. The molecule has 0 unspecified atom stereocenters. The summed E-state index contributed by atoms with van der Waals surface area (Å²) in [6, 6.07) is 0. The molecule has 0 radical (unpaired) electrons. The lowest BCUT2D eigenvalue weighted by Crippen LogP contribution is -2.26. The second-order valence-corrected chi connectivity index (χ2v) is 6.72. The van der Waals surface area contributed by atoms with Crippen LogP contribution in [-0.4, -0.2) is 33.8 Å². The Bertz CT molecular complexity index is 629. The number of anilines is 1. The maximum Gasteiger partial charge on any atom is 0.226 e. The lowest BCUT2D eigenvalue weighted by atomic mass is 9.97. The van der Waals surface area contributed by atoms with Gasteiger partial charge in [-0.15, -0.1) is 11.3 Å². The second-order valence-electron chi connectivity index (χ2n) is 5.66. The number of piperidine rings is 1. The smallest absolute Gasteiger partial charge is 0.226 e. The fourth-order valence-electron chi connectivity index (χ4n) is 2.68. The predicted octanol–water partition coefficient (Wildman–Crippen LogP) is 1.91. The summed E-state index contributed by atoms with van der Waals surface area (Å²) in [7, 11) is 1.88. The van der Waals surface area contributed by atoms with Crippen LogP contribution in [0.5, 0.6) is 0 Å². The van der Waals surface area contributed by atoms with Crippen LogP contribution in [0.15, 0.2) is 18.6 Å². The largest absolute Gasteiger partial charge is 0.317 e. The molecule has 1 aliphatic rings. The summed E-state index contributed by atoms with van der Waals surface area (Å²) in [4.78, 5) is 17.6. The molecule has 2 aromatic heterocycles. The van der Waals surface area contributed by atoms with E-state index in [0.29, 0.717) is 23.9 Å². The van der Waals surface area contributed by atoms with Crippen LogP contribution in [0, 0.1) is 0 Å². The standard InChI is InChI=1S/C15H21N5OS/c1-20-10-11(8-18-20)2-3-14(21)19-15-17-9-13(22-15)12-4-6-16-7-5-12/h8-10,12,16H,2-7H2,1H3,(H,17,19,21). The summed E-state index contributed by atoms with van der Waals surface area (Å²) in [6.45, 7) is 2.13. The zero-order valence-electron chi connectivity index (χ0n) is 12.7. The Kier molecular flexibility index (Phi) is 4.84. The van der Waals surface area contributed by atoms with Crippen LogP contribution in [0.1, 0.15) is 35.6 Å². The summed E-state index contributed by atoms with van der Waals surface area (Å²) in [5, 5.41) is 11.1. The first-order valence-corrected chi connectivity index (χ1v) is 8.46. The monoisotopic (exact) mass is 319 g/mol. The fraction of sp³-hybridized carbons (Fsp3) is 0.533. The topological polar surface area (TPSA) is 71.8 Å². The quantitative estimate of drug-likeness (QED) is 0.883. The molecular weight excluding hydrogens is 298 g/mol. The number of carbonyl (C=O) groups is 1. The third kappa shape index (κ3) is 3.92. The number of amides is 1. The van der Waals surface area contributed by atoms with Crippen molar-refractivity contribution in [2.24, 2.45) is 7.05 Å². The first kappa shape index (κ1) is 15.2. The molecule has 6 nitrogen and oxygen atoms in total. The van der Waals surface area contributed by atoms with Crippen molar-refractivity contribution in [3.05, 3.63) is 29.0 Å². The third-order valence-electron chi connectivity index (χ3n) is 3.91. The minimum absolute atomic E-state index is 0.00932. The Morgan fingerprint density at radius 3 is 3.00 bits per heavy atom. The first-order valence-electron chi connectivity index (χ1n) is 7.64. The molecule has 0 bridgehead atoms. The second kappa shape index (κ2) is 7.02. The molecule has 0 saturated carbocycles. The molecule has 0 spiro atoms. The van der Waals surface area contributed by atoms with E-state index in [4.69, 9.17) is 0 Å². The number of hydrogen-bond donors (Lipinski definition) is 2. The van der Waals surface area contributed by atoms with Gasteiger partial charge in [-0.2, -0.15) is 5.10 Å². The molecule has 2 N–H and O–H groups in total. The number of aromatic nitrogens is 3. The van der Waals surface area contributed by atoms with Crippen LogP contribution >= 0.6 is 11.3 Å². The molecular formula is C15H21N5OS. The van der Waals surface area contributed by atoms with E-state index in [2.05, 4.69) is 20.7 Å². The maximum absolute atomic E-state index is 12.0. The van der Waals surface area contributed by atoms with Gasteiger partial charge in [0.05, 0.1) is 6.20 Å². The molecule has 0 aliphatic carbocycles. The van der Waals surface area contributed by atoms with Crippen molar-refractivity contribution in [1.82, 2.24) is 20.1 Å². The molecule has 7 heteroatoms. The van der Waals surface area contributed by atoms with Crippen molar-refractivity contribution >= 4 is 22.4 Å². The Labute approximate surface area is 133 Å². The first-order chi connectivity index (χ1) is 10.7. The van der Waals surface area contributed by atoms with Gasteiger partial charge in [0.25, 0.3) is 0 Å². The Morgan fingerprint density at radius 1 is 1.45 bits per heavy atom. The molecule has 118 valence electrons. The van der Waals surface area contributed by atoms with Crippen LogP contribution in [0.25, 0.3) is 0 Å². The van der Waals surface area contributed by atoms with Gasteiger partial charge in [0.15, 0.2) is 5.13 Å². The van der Waals surface area contributed by atoms with Crippen LogP contribution in [-0.2, 0) is 18.3 Å². The van der Waals surface area contributed by atoms with Crippen LogP contribution in [0.2, 0.25) is 0 Å². The van der Waals surface area contributed by atoms with Gasteiger partial charge in [-0.3, -0.25) is 9.48 Å². The molecule has 2 aromatic rings. The number of carbonyl (C=O) groups excluding carboxylic acids is 1. The van der Waals surface area contributed by atoms with E-state index in [1.807, 2.05) is 19.4 Å². The summed E-state index contributed by atoms with van der Waals surface area (Å²) in [5.74, 6) is 0.592. The van der Waals surface area contributed by atoms with E-state index < -0.39 is 0 Å². The van der Waals surface area contributed by atoms with E-state index in [0.717, 1.165) is 31.5 Å². The van der Waals surface area contributed by atoms with Crippen LogP contribution in [0.3, 0.4) is 0 Å². The molecule has 3 heterocycles. The molecule has 1 fully saturated rings. The van der Waals surface area contributed by atoms with Crippen molar-refractivity contribution in [3.8, 4) is 0 Å². The lowest BCUT2D eigenvalue weighted by Gasteiger charge is -2.20. The summed E-state index contributed by atoms with van der Waals surface area (Å²) < 4.78 is 1.75. The molecule has 1 amide bonds. The molecule has 0 aromatic carbocycles. The van der Waals surface area contributed by atoms with Gasteiger partial charge in [0.2, 0.25) is 5.91 Å². The summed E-state index contributed by atoms with van der Waals surface area (Å²) in [5.41, 5.74) is 1.08. The highest BCUT2D eigenvalue weighted by Crippen LogP contribution is 2.31. The van der Waals surface area contributed by atoms with Crippen molar-refractivity contribution in [2.45, 2.75) is 31.6 Å². The molecule has 1 saturated heterocycles. The molecule has 3 rings (SSSR count). The minimum Gasteiger partial charge on any atom is -0.317 e. The highest BCUT2D eigenvalue weighted by Gasteiger charge is 2.18. The van der Waals surface area contributed by atoms with E-state index in [1.165, 1.54) is 4.88 Å². The SMILES string of the molecule is Cn1cc(CCC(=O)Nc2ncc(C3CCNCC3)s2)cn1. The zero-order chi connectivity index (χ0) is 15.4. The number of nitrogens with zero attached hydrogens (tertiary/aromatic N) is 3. The van der Waals surface area contributed by atoms with Gasteiger partial charge < -0.3 is 10.6 Å². The molecule has 22 heavy (non-hydrogen) atoms. The number of nitrogens with one attached hydrogen (secondary N) is 2. The third-order valence-corrected chi connectivity index (χ3v) is 4.99. The van der Waals surface area contributed by atoms with E-state index >= 15 is 0 Å². The van der Waals surface area contributed by atoms with Crippen LogP contribution in [0.4, 0.5) is 5.13 Å². The lowest BCUT2D eigenvalue weighted by molar-refractivity contribution is -0.116. The van der Waals surface area contributed by atoms with E-state index in [1.54, 1.807) is 22.2 Å². The van der Waals surface area contributed by atoms with Gasteiger partial charge in [-0.05, 0) is 43.8 Å². The van der Waals surface area contributed by atoms with Crippen molar-refractivity contribution in [2.75, 3.05) is 18.4 Å². The Balaban J connectivity index is 1.50. The van der Waals surface area contributed by atoms with Gasteiger partial charge in [-0.25, -0.2) is 4.98 Å². The van der Waals surface area contributed by atoms with Gasteiger partial charge in [0.1, 0.15) is 0 Å². The number of thiazole rings is 1. The average Bonchev–Trinajstić information content (AvgIpc) is 3.15. The number of aryl methyl sites for hydroxylation is 2. The van der Waals surface area contributed by atoms with Gasteiger partial charge in [-0.1, -0.05) is 0 Å². The van der Waals surface area contributed by atoms with Crippen molar-refractivity contribution < 1.29 is 4.79 Å². The van der Waals surface area contributed by atoms with E-state index in [-0.39, 0.29) is 5.91 Å². The minimum atomic E-state index is 0.00932. The van der Waals surface area contributed by atoms with E-state index in [9.17, 15) is 4.79 Å². The molecule has 0 atom stereocenters. The van der Waals surface area contributed by atoms with Crippen molar-refractivity contribution in [1.29, 1.82) is 0 Å². The van der Waals surface area contributed by atoms with Gasteiger partial charge >= 0.3 is 0 Å². The normalized spacial score (nSPS) is 15.9. The van der Waals surface area contributed by atoms with Crippen LogP contribution < -0.4 is 10.6 Å². The van der Waals surface area contributed by atoms with Crippen molar-refractivity contribution in [3.63, 3.8) is 0 Å². The highest BCUT2D eigenvalue weighted by atomic mass is 32.1. The highest BCUT2D eigenvalue weighted by molar-refractivity contribution is 7.15.